The van der Waals surface area contributed by atoms with E-state index in [4.69, 9.17) is 0 Å². The smallest absolute Gasteiger partial charge is 0.257 e. The van der Waals surface area contributed by atoms with E-state index in [9.17, 15) is 9.59 Å². The minimum Gasteiger partial charge on any atom is -0.316 e. The molecule has 3 aromatic rings. The number of aromatic nitrogens is 2. The van der Waals surface area contributed by atoms with Crippen LogP contribution in [0.4, 0.5) is 11.6 Å². The first kappa shape index (κ1) is 18.6. The van der Waals surface area contributed by atoms with Crippen molar-refractivity contribution in [3.8, 4) is 0 Å². The Morgan fingerprint density at radius 3 is 2.63 bits per heavy atom. The summed E-state index contributed by atoms with van der Waals surface area (Å²) >= 11 is 0. The Kier molecular flexibility index (Phi) is 5.26. The number of rotatable bonds is 5. The van der Waals surface area contributed by atoms with Crippen molar-refractivity contribution in [3.05, 3.63) is 53.6 Å². The number of nitrogens with zero attached hydrogens (tertiary/aromatic N) is 3. The van der Waals surface area contributed by atoms with Crippen molar-refractivity contribution < 1.29 is 9.59 Å². The fraction of sp³-hybridized carbons (Fsp3) is 0.286. The van der Waals surface area contributed by atoms with Gasteiger partial charge < -0.3 is 9.47 Å². The van der Waals surface area contributed by atoms with Gasteiger partial charge in [-0.2, -0.15) is 0 Å². The molecule has 1 heterocycles. The van der Waals surface area contributed by atoms with Crippen LogP contribution in [0.3, 0.4) is 0 Å². The van der Waals surface area contributed by atoms with Gasteiger partial charge in [0.25, 0.3) is 5.91 Å². The summed E-state index contributed by atoms with van der Waals surface area (Å²) in [5.41, 5.74) is 4.07. The number of hydrogen-bond acceptors (Lipinski definition) is 3. The van der Waals surface area contributed by atoms with Crippen molar-refractivity contribution >= 4 is 34.5 Å². The third kappa shape index (κ3) is 3.84. The second kappa shape index (κ2) is 7.61. The number of anilines is 2. The molecule has 0 aliphatic carbocycles. The Morgan fingerprint density at radius 2 is 1.96 bits per heavy atom. The van der Waals surface area contributed by atoms with Crippen LogP contribution in [-0.2, 0) is 11.3 Å². The van der Waals surface area contributed by atoms with E-state index in [0.717, 1.165) is 35.2 Å². The van der Waals surface area contributed by atoms with Gasteiger partial charge in [-0.3, -0.25) is 14.9 Å². The molecule has 0 saturated carbocycles. The first-order chi connectivity index (χ1) is 12.9. The maximum absolute atomic E-state index is 12.6. The van der Waals surface area contributed by atoms with E-state index >= 15 is 0 Å². The van der Waals surface area contributed by atoms with Gasteiger partial charge in [0, 0.05) is 31.8 Å². The highest BCUT2D eigenvalue weighted by molar-refractivity contribution is 6.04. The van der Waals surface area contributed by atoms with Crippen molar-refractivity contribution in [3.63, 3.8) is 0 Å². The van der Waals surface area contributed by atoms with Gasteiger partial charge in [-0.05, 0) is 43.7 Å². The molecule has 27 heavy (non-hydrogen) atoms. The number of benzene rings is 2. The van der Waals surface area contributed by atoms with Gasteiger partial charge in [-0.1, -0.05) is 24.6 Å². The van der Waals surface area contributed by atoms with E-state index in [1.54, 1.807) is 18.0 Å². The van der Waals surface area contributed by atoms with Crippen molar-refractivity contribution in [2.45, 2.75) is 33.7 Å². The molecule has 2 amide bonds. The molecule has 0 aliphatic heterocycles. The van der Waals surface area contributed by atoms with E-state index < -0.39 is 0 Å². The van der Waals surface area contributed by atoms with Crippen LogP contribution in [-0.4, -0.2) is 28.4 Å². The number of fused-ring (bicyclic) bond motifs is 1. The van der Waals surface area contributed by atoms with Crippen molar-refractivity contribution in [2.75, 3.05) is 17.3 Å². The number of carbonyl (C=O) groups excluding carboxylic acids is 2. The van der Waals surface area contributed by atoms with Gasteiger partial charge in [0.15, 0.2) is 0 Å². The Bertz CT molecular complexity index is 1010. The van der Waals surface area contributed by atoms with Crippen LogP contribution < -0.4 is 10.2 Å². The SMILES string of the molecule is CCCn1c(NC(=O)c2cccc(C)c2)nc2cc(N(C)C(C)=O)ccc21. The van der Waals surface area contributed by atoms with Gasteiger partial charge in [-0.15, -0.1) is 0 Å². The lowest BCUT2D eigenvalue weighted by atomic mass is 10.1. The summed E-state index contributed by atoms with van der Waals surface area (Å²) in [5.74, 6) is 0.281. The third-order valence-electron chi connectivity index (χ3n) is 4.54. The fourth-order valence-electron chi connectivity index (χ4n) is 3.01. The van der Waals surface area contributed by atoms with Crippen LogP contribution in [0.2, 0.25) is 0 Å². The van der Waals surface area contributed by atoms with Crippen LogP contribution >= 0.6 is 0 Å². The molecule has 1 N–H and O–H groups in total. The maximum Gasteiger partial charge on any atom is 0.257 e. The molecule has 0 bridgehead atoms. The van der Waals surface area contributed by atoms with Gasteiger partial charge in [0.2, 0.25) is 11.9 Å². The van der Waals surface area contributed by atoms with E-state index in [-0.39, 0.29) is 11.8 Å². The molecular formula is C21H24N4O2. The number of hydrogen-bond donors (Lipinski definition) is 1. The first-order valence-electron chi connectivity index (χ1n) is 9.03. The largest absolute Gasteiger partial charge is 0.316 e. The highest BCUT2D eigenvalue weighted by Crippen LogP contribution is 2.25. The maximum atomic E-state index is 12.6. The molecule has 6 heteroatoms. The molecule has 0 unspecified atom stereocenters. The van der Waals surface area contributed by atoms with Crippen LogP contribution in [0.15, 0.2) is 42.5 Å². The van der Waals surface area contributed by atoms with Gasteiger partial charge in [0.05, 0.1) is 11.0 Å². The molecule has 0 fully saturated rings. The number of imidazole rings is 1. The number of aryl methyl sites for hydroxylation is 2. The van der Waals surface area contributed by atoms with Gasteiger partial charge in [-0.25, -0.2) is 4.98 Å². The normalized spacial score (nSPS) is 10.8. The van der Waals surface area contributed by atoms with Gasteiger partial charge in [0.1, 0.15) is 0 Å². The zero-order valence-electron chi connectivity index (χ0n) is 16.1. The van der Waals surface area contributed by atoms with Crippen molar-refractivity contribution in [1.82, 2.24) is 9.55 Å². The lowest BCUT2D eigenvalue weighted by Crippen LogP contribution is -2.22. The Labute approximate surface area is 158 Å². The summed E-state index contributed by atoms with van der Waals surface area (Å²) in [7, 11) is 1.73. The Morgan fingerprint density at radius 1 is 1.19 bits per heavy atom. The minimum atomic E-state index is -0.188. The second-order valence-corrected chi connectivity index (χ2v) is 6.66. The molecule has 140 valence electrons. The average Bonchev–Trinajstić information content (AvgIpc) is 2.97. The van der Waals surface area contributed by atoms with Gasteiger partial charge >= 0.3 is 0 Å². The standard InChI is InChI=1S/C21H24N4O2/c1-5-11-25-19-10-9-17(24(4)15(3)26)13-18(19)22-21(25)23-20(27)16-8-6-7-14(2)12-16/h6-10,12-13H,5,11H2,1-4H3,(H,22,23,27). The quantitative estimate of drug-likeness (QED) is 0.744. The molecule has 0 radical (unpaired) electrons. The van der Waals surface area contributed by atoms with E-state index in [1.807, 2.05) is 47.9 Å². The fourth-order valence-corrected chi connectivity index (χ4v) is 3.01. The van der Waals surface area contributed by atoms with E-state index in [1.165, 1.54) is 6.92 Å². The van der Waals surface area contributed by atoms with Crippen molar-refractivity contribution in [1.29, 1.82) is 0 Å². The Hall–Kier alpha value is -3.15. The minimum absolute atomic E-state index is 0.0460. The lowest BCUT2D eigenvalue weighted by molar-refractivity contribution is -0.116. The van der Waals surface area contributed by atoms with E-state index in [2.05, 4.69) is 17.2 Å². The highest BCUT2D eigenvalue weighted by atomic mass is 16.2. The summed E-state index contributed by atoms with van der Waals surface area (Å²) in [5, 5.41) is 2.93. The predicted molar refractivity (Wildman–Crippen MR) is 108 cm³/mol. The van der Waals surface area contributed by atoms with E-state index in [0.29, 0.717) is 11.5 Å². The molecule has 6 nitrogen and oxygen atoms in total. The summed E-state index contributed by atoms with van der Waals surface area (Å²) in [6.07, 6.45) is 0.911. The molecule has 1 aromatic heterocycles. The lowest BCUT2D eigenvalue weighted by Gasteiger charge is -2.14. The average molecular weight is 364 g/mol. The zero-order chi connectivity index (χ0) is 19.6. The van der Waals surface area contributed by atoms with Crippen LogP contribution in [0, 0.1) is 6.92 Å². The number of carbonyl (C=O) groups is 2. The third-order valence-corrected chi connectivity index (χ3v) is 4.54. The summed E-state index contributed by atoms with van der Waals surface area (Å²) in [6, 6.07) is 13.2. The van der Waals surface area contributed by atoms with Crippen LogP contribution in [0.25, 0.3) is 11.0 Å². The zero-order valence-corrected chi connectivity index (χ0v) is 16.1. The molecular weight excluding hydrogens is 340 g/mol. The number of nitrogens with one attached hydrogen (secondary N) is 1. The molecule has 0 spiro atoms. The second-order valence-electron chi connectivity index (χ2n) is 6.66. The molecule has 3 rings (SSSR count). The first-order valence-corrected chi connectivity index (χ1v) is 9.03. The molecule has 0 aliphatic rings. The number of amides is 2. The molecule has 0 saturated heterocycles. The summed E-state index contributed by atoms with van der Waals surface area (Å²) < 4.78 is 2.00. The molecule has 2 aromatic carbocycles. The summed E-state index contributed by atoms with van der Waals surface area (Å²) in [6.45, 7) is 6.29. The topological polar surface area (TPSA) is 67.2 Å². The molecule has 0 atom stereocenters. The monoisotopic (exact) mass is 364 g/mol. The van der Waals surface area contributed by atoms with Crippen LogP contribution in [0.5, 0.6) is 0 Å². The van der Waals surface area contributed by atoms with Crippen LogP contribution in [0.1, 0.15) is 36.2 Å². The summed E-state index contributed by atoms with van der Waals surface area (Å²) in [4.78, 5) is 30.5. The van der Waals surface area contributed by atoms with Crippen molar-refractivity contribution in [2.24, 2.45) is 0 Å². The predicted octanol–water partition coefficient (Wildman–Crippen LogP) is 3.99. The highest BCUT2D eigenvalue weighted by Gasteiger charge is 2.16. The Balaban J connectivity index is 1.99.